The maximum absolute atomic E-state index is 4.62. The summed E-state index contributed by atoms with van der Waals surface area (Å²) < 4.78 is 3.27. The summed E-state index contributed by atoms with van der Waals surface area (Å²) in [6.07, 6.45) is 6.38. The van der Waals surface area contributed by atoms with Crippen molar-refractivity contribution in [2.45, 2.75) is 57.7 Å². The molecule has 5 heteroatoms. The van der Waals surface area contributed by atoms with Gasteiger partial charge in [-0.15, -0.1) is 0 Å². The average Bonchev–Trinajstić information content (AvgIpc) is 3.10. The molecule has 0 radical (unpaired) electrons. The lowest BCUT2D eigenvalue weighted by Gasteiger charge is -2.25. The van der Waals surface area contributed by atoms with Crippen LogP contribution >= 0.6 is 15.9 Å². The Balaban J connectivity index is 1.71. The van der Waals surface area contributed by atoms with Crippen molar-refractivity contribution in [3.05, 3.63) is 15.9 Å². The van der Waals surface area contributed by atoms with Gasteiger partial charge in [0.05, 0.1) is 15.9 Å². The zero-order valence-electron chi connectivity index (χ0n) is 12.5. The van der Waals surface area contributed by atoms with Crippen LogP contribution in [0.5, 0.6) is 0 Å². The Morgan fingerprint density at radius 3 is 2.75 bits per heavy atom. The van der Waals surface area contributed by atoms with Crippen molar-refractivity contribution in [3.8, 4) is 0 Å². The number of hydrogen-bond acceptors (Lipinski definition) is 3. The van der Waals surface area contributed by atoms with Gasteiger partial charge >= 0.3 is 0 Å². The zero-order chi connectivity index (χ0) is 14.1. The summed E-state index contributed by atoms with van der Waals surface area (Å²) in [5.74, 6) is 0. The molecule has 3 rings (SSSR count). The molecule has 0 spiro atoms. The Labute approximate surface area is 130 Å². The SMILES string of the molecule is CCc1nn(C)c(CN(CC2CCCN2)C2CC2)c1Br. The van der Waals surface area contributed by atoms with Crippen molar-refractivity contribution in [1.29, 1.82) is 0 Å². The van der Waals surface area contributed by atoms with Crippen molar-refractivity contribution in [3.63, 3.8) is 0 Å². The van der Waals surface area contributed by atoms with Crippen LogP contribution in [-0.4, -0.2) is 39.9 Å². The van der Waals surface area contributed by atoms with E-state index >= 15 is 0 Å². The quantitative estimate of drug-likeness (QED) is 0.863. The third-order valence-electron chi connectivity index (χ3n) is 4.54. The van der Waals surface area contributed by atoms with Gasteiger partial charge in [0.2, 0.25) is 0 Å². The van der Waals surface area contributed by atoms with Crippen molar-refractivity contribution in [1.82, 2.24) is 20.0 Å². The largest absolute Gasteiger partial charge is 0.313 e. The highest BCUT2D eigenvalue weighted by Gasteiger charge is 2.32. The minimum absolute atomic E-state index is 0.688. The summed E-state index contributed by atoms with van der Waals surface area (Å²) >= 11 is 3.75. The first-order chi connectivity index (χ1) is 9.69. The Hall–Kier alpha value is -0.390. The Kier molecular flexibility index (Phi) is 4.48. The van der Waals surface area contributed by atoms with E-state index in [0.717, 1.165) is 19.0 Å². The van der Waals surface area contributed by atoms with Gasteiger partial charge in [-0.3, -0.25) is 9.58 Å². The van der Waals surface area contributed by atoms with Gasteiger partial charge < -0.3 is 5.32 Å². The second-order valence-electron chi connectivity index (χ2n) is 6.14. The molecular weight excluding hydrogens is 316 g/mol. The molecular formula is C15H25BrN4. The smallest absolute Gasteiger partial charge is 0.0767 e. The first-order valence-electron chi connectivity index (χ1n) is 7.86. The monoisotopic (exact) mass is 340 g/mol. The fourth-order valence-electron chi connectivity index (χ4n) is 3.16. The number of aromatic nitrogens is 2. The summed E-state index contributed by atoms with van der Waals surface area (Å²) in [6, 6.07) is 1.48. The van der Waals surface area contributed by atoms with E-state index in [1.54, 1.807) is 0 Å². The predicted octanol–water partition coefficient (Wildman–Crippen LogP) is 2.46. The van der Waals surface area contributed by atoms with Gasteiger partial charge in [0.1, 0.15) is 0 Å². The molecule has 1 saturated carbocycles. The predicted molar refractivity (Wildman–Crippen MR) is 84.7 cm³/mol. The molecule has 2 fully saturated rings. The van der Waals surface area contributed by atoms with E-state index in [0.29, 0.717) is 6.04 Å². The first-order valence-corrected chi connectivity index (χ1v) is 8.66. The lowest BCUT2D eigenvalue weighted by atomic mass is 10.2. The second kappa shape index (κ2) is 6.16. The van der Waals surface area contributed by atoms with Gasteiger partial charge in [-0.25, -0.2) is 0 Å². The third kappa shape index (κ3) is 3.10. The van der Waals surface area contributed by atoms with Crippen LogP contribution in [0.15, 0.2) is 4.47 Å². The van der Waals surface area contributed by atoms with E-state index < -0.39 is 0 Å². The number of rotatable bonds is 6. The molecule has 1 atom stereocenters. The third-order valence-corrected chi connectivity index (χ3v) is 5.45. The van der Waals surface area contributed by atoms with Crippen LogP contribution in [0.4, 0.5) is 0 Å². The minimum Gasteiger partial charge on any atom is -0.313 e. The summed E-state index contributed by atoms with van der Waals surface area (Å²) in [5.41, 5.74) is 2.50. The Morgan fingerprint density at radius 2 is 2.20 bits per heavy atom. The normalized spacial score (nSPS) is 22.9. The van der Waals surface area contributed by atoms with E-state index in [-0.39, 0.29) is 0 Å². The molecule has 2 aliphatic rings. The van der Waals surface area contributed by atoms with E-state index in [9.17, 15) is 0 Å². The highest BCUT2D eigenvalue weighted by Crippen LogP contribution is 2.31. The van der Waals surface area contributed by atoms with E-state index in [2.05, 4.69) is 49.9 Å². The Morgan fingerprint density at radius 1 is 1.40 bits per heavy atom. The van der Waals surface area contributed by atoms with Gasteiger partial charge in [0.25, 0.3) is 0 Å². The van der Waals surface area contributed by atoms with Gasteiger partial charge in [0.15, 0.2) is 0 Å². The van der Waals surface area contributed by atoms with Crippen LogP contribution in [0.2, 0.25) is 0 Å². The molecule has 0 bridgehead atoms. The van der Waals surface area contributed by atoms with Crippen molar-refractivity contribution in [2.75, 3.05) is 13.1 Å². The van der Waals surface area contributed by atoms with Crippen molar-refractivity contribution < 1.29 is 0 Å². The minimum atomic E-state index is 0.688. The molecule has 112 valence electrons. The van der Waals surface area contributed by atoms with Gasteiger partial charge in [-0.2, -0.15) is 5.10 Å². The molecule has 0 aromatic carbocycles. The molecule has 1 aromatic rings. The topological polar surface area (TPSA) is 33.1 Å². The van der Waals surface area contributed by atoms with Gasteiger partial charge in [-0.1, -0.05) is 6.92 Å². The molecule has 20 heavy (non-hydrogen) atoms. The maximum atomic E-state index is 4.62. The van der Waals surface area contributed by atoms with Crippen LogP contribution in [0.25, 0.3) is 0 Å². The summed E-state index contributed by atoms with van der Waals surface area (Å²) in [4.78, 5) is 2.66. The van der Waals surface area contributed by atoms with Gasteiger partial charge in [-0.05, 0) is 54.6 Å². The molecule has 1 N–H and O–H groups in total. The molecule has 1 aromatic heterocycles. The molecule has 1 saturated heterocycles. The van der Waals surface area contributed by atoms with Crippen LogP contribution in [0.1, 0.15) is 44.0 Å². The van der Waals surface area contributed by atoms with Crippen LogP contribution in [0, 0.1) is 0 Å². The van der Waals surface area contributed by atoms with Crippen LogP contribution in [-0.2, 0) is 20.0 Å². The molecule has 2 heterocycles. The average molecular weight is 341 g/mol. The number of halogens is 1. The molecule has 1 aliphatic heterocycles. The number of hydrogen-bond donors (Lipinski definition) is 1. The fourth-order valence-corrected chi connectivity index (χ4v) is 3.90. The lowest BCUT2D eigenvalue weighted by molar-refractivity contribution is 0.225. The number of aryl methyl sites for hydroxylation is 2. The highest BCUT2D eigenvalue weighted by molar-refractivity contribution is 9.10. The molecule has 1 unspecified atom stereocenters. The molecule has 4 nitrogen and oxygen atoms in total. The number of nitrogens with one attached hydrogen (secondary N) is 1. The lowest BCUT2D eigenvalue weighted by Crippen LogP contribution is -2.38. The zero-order valence-corrected chi connectivity index (χ0v) is 14.1. The van der Waals surface area contributed by atoms with Gasteiger partial charge in [0, 0.05) is 32.2 Å². The summed E-state index contributed by atoms with van der Waals surface area (Å²) in [6.45, 7) is 5.56. The highest BCUT2D eigenvalue weighted by atomic mass is 79.9. The maximum Gasteiger partial charge on any atom is 0.0767 e. The number of nitrogens with zero attached hydrogens (tertiary/aromatic N) is 3. The summed E-state index contributed by atoms with van der Waals surface area (Å²) in [5, 5.41) is 8.25. The van der Waals surface area contributed by atoms with E-state index in [1.807, 2.05) is 0 Å². The van der Waals surface area contributed by atoms with E-state index in [4.69, 9.17) is 0 Å². The Bertz CT molecular complexity index is 461. The van der Waals surface area contributed by atoms with Crippen LogP contribution in [0.3, 0.4) is 0 Å². The van der Waals surface area contributed by atoms with E-state index in [1.165, 1.54) is 54.6 Å². The van der Waals surface area contributed by atoms with Crippen molar-refractivity contribution in [2.24, 2.45) is 7.05 Å². The fraction of sp³-hybridized carbons (Fsp3) is 0.800. The molecule has 0 amide bonds. The molecule has 1 aliphatic carbocycles. The first kappa shape index (κ1) is 14.5. The van der Waals surface area contributed by atoms with Crippen LogP contribution < -0.4 is 5.32 Å². The standard InChI is InChI=1S/C15H25BrN4/c1-3-13-15(16)14(19(2)18-13)10-20(12-6-7-12)9-11-5-4-8-17-11/h11-12,17H,3-10H2,1-2H3. The summed E-state index contributed by atoms with van der Waals surface area (Å²) in [7, 11) is 2.07. The second-order valence-corrected chi connectivity index (χ2v) is 6.93. The van der Waals surface area contributed by atoms with Crippen molar-refractivity contribution >= 4 is 15.9 Å².